The fourth-order valence-corrected chi connectivity index (χ4v) is 5.01. The predicted molar refractivity (Wildman–Crippen MR) is 112 cm³/mol. The number of thiophene rings is 1. The molecule has 0 aromatic carbocycles. The fraction of sp³-hybridized carbons (Fsp3) is 0.722. The van der Waals surface area contributed by atoms with Crippen molar-refractivity contribution in [3.63, 3.8) is 0 Å². The van der Waals surface area contributed by atoms with E-state index in [1.165, 1.54) is 5.56 Å². The summed E-state index contributed by atoms with van der Waals surface area (Å²) in [5, 5.41) is 7.68. The number of guanidine groups is 1. The molecule has 154 valence electrons. The van der Waals surface area contributed by atoms with Crippen LogP contribution in [0, 0.1) is 0 Å². The molecule has 0 spiro atoms. The highest BCUT2D eigenvalue weighted by Crippen LogP contribution is 2.17. The molecule has 1 fully saturated rings. The zero-order chi connectivity index (χ0) is 19.9. The van der Waals surface area contributed by atoms with Crippen LogP contribution < -0.4 is 5.32 Å². The van der Waals surface area contributed by atoms with Gasteiger partial charge in [0.2, 0.25) is 10.0 Å². The fourth-order valence-electron chi connectivity index (χ4n) is 2.95. The largest absolute Gasteiger partial charge is 0.378 e. The number of hydrogen-bond donors (Lipinski definition) is 1. The first-order chi connectivity index (χ1) is 12.8. The summed E-state index contributed by atoms with van der Waals surface area (Å²) in [5.74, 6) is 1.27. The molecule has 0 bridgehead atoms. The van der Waals surface area contributed by atoms with Crippen LogP contribution in [-0.2, 0) is 14.8 Å². The molecule has 9 heteroatoms. The van der Waals surface area contributed by atoms with Crippen molar-refractivity contribution in [1.82, 2.24) is 14.5 Å². The van der Waals surface area contributed by atoms with E-state index in [9.17, 15) is 8.42 Å². The van der Waals surface area contributed by atoms with Gasteiger partial charge >= 0.3 is 0 Å². The van der Waals surface area contributed by atoms with Crippen LogP contribution in [0.5, 0.6) is 0 Å². The number of aliphatic imine (C=N–C) groups is 1. The lowest BCUT2D eigenvalue weighted by molar-refractivity contribution is 0.0904. The molecular formula is C18H32N4O3S2. The van der Waals surface area contributed by atoms with Crippen molar-refractivity contribution in [3.8, 4) is 0 Å². The number of piperazine rings is 1. The third-order valence-corrected chi connectivity index (χ3v) is 7.15. The van der Waals surface area contributed by atoms with E-state index >= 15 is 0 Å². The lowest BCUT2D eigenvalue weighted by Crippen LogP contribution is -2.54. The number of nitrogens with one attached hydrogen (secondary N) is 1. The minimum absolute atomic E-state index is 0.0380. The first kappa shape index (κ1) is 22.1. The summed E-state index contributed by atoms with van der Waals surface area (Å²) in [6, 6.07) is 2.15. The van der Waals surface area contributed by atoms with Gasteiger partial charge in [-0.3, -0.25) is 4.99 Å². The molecule has 2 rings (SSSR count). The van der Waals surface area contributed by atoms with Gasteiger partial charge < -0.3 is 15.0 Å². The number of nitrogens with zero attached hydrogens (tertiary/aromatic N) is 3. The molecule has 0 radical (unpaired) electrons. The second-order valence-electron chi connectivity index (χ2n) is 7.01. The van der Waals surface area contributed by atoms with Crippen molar-refractivity contribution >= 4 is 27.3 Å². The molecule has 1 saturated heterocycles. The van der Waals surface area contributed by atoms with E-state index in [0.29, 0.717) is 32.1 Å². The van der Waals surface area contributed by atoms with E-state index in [1.807, 2.05) is 13.8 Å². The Balaban J connectivity index is 1.80. The van der Waals surface area contributed by atoms with Crippen LogP contribution in [0.1, 0.15) is 32.3 Å². The topological polar surface area (TPSA) is 74.2 Å². The van der Waals surface area contributed by atoms with E-state index in [-0.39, 0.29) is 18.5 Å². The SMILES string of the molecule is CN=C(NCC(C)c1ccsc1)N1CCN(S(=O)(=O)CCOC(C)C)CC1. The standard InChI is InChI=1S/C18H32N4O3S2/c1-15(2)25-10-12-27(23,24)22-8-6-21(7-9-22)18(19-4)20-13-16(3)17-5-11-26-14-17/h5,11,14-16H,6-10,12-13H2,1-4H3,(H,19,20). The molecule has 7 nitrogen and oxygen atoms in total. The molecule has 1 aliphatic heterocycles. The molecule has 1 unspecified atom stereocenters. The molecule has 1 atom stereocenters. The summed E-state index contributed by atoms with van der Waals surface area (Å²) >= 11 is 1.71. The van der Waals surface area contributed by atoms with Crippen LogP contribution in [0.3, 0.4) is 0 Å². The summed E-state index contributed by atoms with van der Waals surface area (Å²) in [6.07, 6.45) is 0.0444. The van der Waals surface area contributed by atoms with Gasteiger partial charge in [0.25, 0.3) is 0 Å². The van der Waals surface area contributed by atoms with Crippen LogP contribution in [0.2, 0.25) is 0 Å². The molecule has 27 heavy (non-hydrogen) atoms. The Kier molecular flexibility index (Phi) is 8.53. The molecule has 0 aliphatic carbocycles. The van der Waals surface area contributed by atoms with Gasteiger partial charge in [-0.25, -0.2) is 8.42 Å². The van der Waals surface area contributed by atoms with Crippen molar-refractivity contribution < 1.29 is 13.2 Å². The molecule has 0 amide bonds. The highest BCUT2D eigenvalue weighted by atomic mass is 32.2. The van der Waals surface area contributed by atoms with Gasteiger partial charge in [-0.05, 0) is 42.2 Å². The second-order valence-corrected chi connectivity index (χ2v) is 9.88. The van der Waals surface area contributed by atoms with Crippen LogP contribution in [0.15, 0.2) is 21.8 Å². The highest BCUT2D eigenvalue weighted by Gasteiger charge is 2.28. The monoisotopic (exact) mass is 416 g/mol. The lowest BCUT2D eigenvalue weighted by atomic mass is 10.1. The van der Waals surface area contributed by atoms with E-state index in [4.69, 9.17) is 4.74 Å². The smallest absolute Gasteiger partial charge is 0.216 e. The van der Waals surface area contributed by atoms with Gasteiger partial charge in [-0.1, -0.05) is 6.92 Å². The molecule has 1 N–H and O–H groups in total. The summed E-state index contributed by atoms with van der Waals surface area (Å²) in [5.41, 5.74) is 1.32. The van der Waals surface area contributed by atoms with Gasteiger partial charge in [0.15, 0.2) is 5.96 Å². The maximum atomic E-state index is 12.4. The van der Waals surface area contributed by atoms with Crippen molar-refractivity contribution in [2.45, 2.75) is 32.8 Å². The number of hydrogen-bond acceptors (Lipinski definition) is 5. The average Bonchev–Trinajstić information content (AvgIpc) is 3.17. The van der Waals surface area contributed by atoms with Crippen molar-refractivity contribution in [3.05, 3.63) is 22.4 Å². The normalized spacial score (nSPS) is 18.1. The minimum Gasteiger partial charge on any atom is -0.378 e. The zero-order valence-electron chi connectivity index (χ0n) is 16.7. The Morgan fingerprint density at radius 3 is 2.56 bits per heavy atom. The van der Waals surface area contributed by atoms with E-state index in [0.717, 1.165) is 12.5 Å². The van der Waals surface area contributed by atoms with Gasteiger partial charge in [0.05, 0.1) is 18.5 Å². The number of ether oxygens (including phenoxy) is 1. The molecular weight excluding hydrogens is 384 g/mol. The van der Waals surface area contributed by atoms with Crippen molar-refractivity contribution in [1.29, 1.82) is 0 Å². The third kappa shape index (κ3) is 6.74. The Morgan fingerprint density at radius 2 is 2.00 bits per heavy atom. The Morgan fingerprint density at radius 1 is 1.30 bits per heavy atom. The minimum atomic E-state index is -3.27. The summed E-state index contributed by atoms with van der Waals surface area (Å²) in [6.45, 7) is 9.26. The third-order valence-electron chi connectivity index (χ3n) is 4.61. The molecule has 2 heterocycles. The van der Waals surface area contributed by atoms with Gasteiger partial charge in [-0.2, -0.15) is 15.6 Å². The second kappa shape index (κ2) is 10.4. The van der Waals surface area contributed by atoms with Crippen LogP contribution >= 0.6 is 11.3 Å². The van der Waals surface area contributed by atoms with Crippen LogP contribution in [0.25, 0.3) is 0 Å². The first-order valence-electron chi connectivity index (χ1n) is 9.40. The number of sulfonamides is 1. The first-order valence-corrected chi connectivity index (χ1v) is 12.0. The van der Waals surface area contributed by atoms with Crippen molar-refractivity contribution in [2.24, 2.45) is 4.99 Å². The predicted octanol–water partition coefficient (Wildman–Crippen LogP) is 1.80. The maximum Gasteiger partial charge on any atom is 0.216 e. The number of rotatable bonds is 8. The summed E-state index contributed by atoms with van der Waals surface area (Å²) < 4.78 is 31.8. The summed E-state index contributed by atoms with van der Waals surface area (Å²) in [7, 11) is -1.50. The van der Waals surface area contributed by atoms with E-state index in [2.05, 4.69) is 39.0 Å². The Bertz CT molecular complexity index is 681. The van der Waals surface area contributed by atoms with Gasteiger partial charge in [0, 0.05) is 39.8 Å². The Hall–Kier alpha value is -1.16. The van der Waals surface area contributed by atoms with Gasteiger partial charge in [0.1, 0.15) is 0 Å². The van der Waals surface area contributed by atoms with Gasteiger partial charge in [-0.15, -0.1) is 0 Å². The summed E-state index contributed by atoms with van der Waals surface area (Å²) in [4.78, 5) is 6.49. The van der Waals surface area contributed by atoms with Crippen molar-refractivity contribution in [2.75, 3.05) is 52.1 Å². The molecule has 0 saturated carbocycles. The molecule has 1 aromatic heterocycles. The molecule has 1 aromatic rings. The Labute approximate surface area is 167 Å². The quantitative estimate of drug-likeness (QED) is 0.517. The lowest BCUT2D eigenvalue weighted by Gasteiger charge is -2.36. The van der Waals surface area contributed by atoms with Crippen LogP contribution in [0.4, 0.5) is 0 Å². The zero-order valence-corrected chi connectivity index (χ0v) is 18.4. The maximum absolute atomic E-state index is 12.4. The average molecular weight is 417 g/mol. The van der Waals surface area contributed by atoms with Crippen LogP contribution in [-0.4, -0.2) is 81.8 Å². The molecule has 1 aliphatic rings. The van der Waals surface area contributed by atoms with E-state index < -0.39 is 10.0 Å². The highest BCUT2D eigenvalue weighted by molar-refractivity contribution is 7.89. The van der Waals surface area contributed by atoms with E-state index in [1.54, 1.807) is 22.7 Å².